The van der Waals surface area contributed by atoms with Crippen LogP contribution in [-0.2, 0) is 4.79 Å². The zero-order chi connectivity index (χ0) is 22.2. The van der Waals surface area contributed by atoms with Gasteiger partial charge < -0.3 is 15.3 Å². The van der Waals surface area contributed by atoms with E-state index >= 15 is 0 Å². The van der Waals surface area contributed by atoms with Gasteiger partial charge in [-0.25, -0.2) is 13.9 Å². The van der Waals surface area contributed by atoms with E-state index in [1.807, 2.05) is 12.1 Å². The minimum absolute atomic E-state index is 0.0526. The van der Waals surface area contributed by atoms with E-state index in [2.05, 4.69) is 10.4 Å². The van der Waals surface area contributed by atoms with E-state index in [9.17, 15) is 19.1 Å². The van der Waals surface area contributed by atoms with Crippen LogP contribution in [0.25, 0.3) is 16.6 Å². The molecule has 2 N–H and O–H groups in total. The normalized spacial score (nSPS) is 21.0. The molecule has 3 amide bonds. The van der Waals surface area contributed by atoms with E-state index in [0.29, 0.717) is 36.4 Å². The van der Waals surface area contributed by atoms with Crippen molar-refractivity contribution in [1.82, 2.24) is 20.0 Å². The lowest BCUT2D eigenvalue weighted by Crippen LogP contribution is -2.46. The molecule has 0 bridgehead atoms. The van der Waals surface area contributed by atoms with Gasteiger partial charge in [0.2, 0.25) is 5.91 Å². The first-order chi connectivity index (χ1) is 15.5. The Bertz CT molecular complexity index is 1180. The van der Waals surface area contributed by atoms with E-state index in [4.69, 9.17) is 0 Å². The zero-order valence-electron chi connectivity index (χ0n) is 17.4. The number of fused-ring (bicyclic) bond motifs is 1. The number of halogens is 1. The molecule has 9 heteroatoms. The molecule has 0 unspecified atom stereocenters. The maximum absolute atomic E-state index is 14.3. The maximum atomic E-state index is 14.3. The highest BCUT2D eigenvalue weighted by Gasteiger charge is 2.33. The number of rotatable bonds is 5. The molecule has 166 valence electrons. The van der Waals surface area contributed by atoms with Gasteiger partial charge in [0, 0.05) is 18.5 Å². The predicted octanol–water partition coefficient (Wildman–Crippen LogP) is 2.44. The van der Waals surface area contributed by atoms with Gasteiger partial charge in [-0.05, 0) is 43.5 Å². The van der Waals surface area contributed by atoms with Crippen molar-refractivity contribution in [3.05, 3.63) is 54.5 Å². The number of carbonyl (C=O) groups excluding carboxylic acids is 2. The second-order valence-electron chi connectivity index (χ2n) is 8.25. The van der Waals surface area contributed by atoms with Crippen LogP contribution in [0.3, 0.4) is 0 Å². The lowest BCUT2D eigenvalue weighted by Gasteiger charge is -2.21. The summed E-state index contributed by atoms with van der Waals surface area (Å²) in [5.74, 6) is -0.651. The molecular formula is C23H24FN5O3. The summed E-state index contributed by atoms with van der Waals surface area (Å²) in [6.45, 7) is 0.794. The van der Waals surface area contributed by atoms with Crippen molar-refractivity contribution in [2.24, 2.45) is 0 Å². The first-order valence-electron chi connectivity index (χ1n) is 10.8. The Morgan fingerprint density at radius 2 is 1.94 bits per heavy atom. The average molecular weight is 437 g/mol. The molecule has 1 saturated carbocycles. The number of hydrogen-bond donors (Lipinski definition) is 2. The molecule has 0 radical (unpaired) electrons. The molecule has 2 heterocycles. The quantitative estimate of drug-likeness (QED) is 0.642. The smallest absolute Gasteiger partial charge is 0.325 e. The van der Waals surface area contributed by atoms with Crippen molar-refractivity contribution in [1.29, 1.82) is 0 Å². The van der Waals surface area contributed by atoms with E-state index in [1.54, 1.807) is 35.4 Å². The van der Waals surface area contributed by atoms with Gasteiger partial charge in [0.05, 0.1) is 29.5 Å². The number of anilines is 1. The Labute approximate surface area is 184 Å². The molecule has 8 nitrogen and oxygen atoms in total. The molecule has 32 heavy (non-hydrogen) atoms. The number of aromatic nitrogens is 2. The molecule has 1 aliphatic heterocycles. The molecule has 1 saturated heterocycles. The Kier molecular flexibility index (Phi) is 5.26. The summed E-state index contributed by atoms with van der Waals surface area (Å²) in [6, 6.07) is 11.3. The van der Waals surface area contributed by atoms with Crippen LogP contribution in [0.4, 0.5) is 14.9 Å². The van der Waals surface area contributed by atoms with Gasteiger partial charge in [0.1, 0.15) is 18.0 Å². The monoisotopic (exact) mass is 437 g/mol. The molecule has 1 aromatic heterocycles. The molecule has 2 atom stereocenters. The summed E-state index contributed by atoms with van der Waals surface area (Å²) < 4.78 is 15.8. The largest absolute Gasteiger partial charge is 0.391 e. The Morgan fingerprint density at radius 1 is 1.12 bits per heavy atom. The average Bonchev–Trinajstić information content (AvgIpc) is 3.48. The Hall–Kier alpha value is -3.46. The number of urea groups is 1. The fourth-order valence-electron chi connectivity index (χ4n) is 4.57. The predicted molar refractivity (Wildman–Crippen MR) is 117 cm³/mol. The zero-order valence-corrected chi connectivity index (χ0v) is 17.4. The van der Waals surface area contributed by atoms with Gasteiger partial charge in [-0.2, -0.15) is 5.10 Å². The van der Waals surface area contributed by atoms with Crippen molar-refractivity contribution < 1.29 is 19.1 Å². The summed E-state index contributed by atoms with van der Waals surface area (Å²) in [7, 11) is 0. The van der Waals surface area contributed by atoms with Crippen molar-refractivity contribution >= 4 is 28.5 Å². The topological polar surface area (TPSA) is 90.7 Å². The fourth-order valence-corrected chi connectivity index (χ4v) is 4.57. The number of aliphatic hydroxyl groups excluding tert-OH is 1. The van der Waals surface area contributed by atoms with Gasteiger partial charge in [-0.3, -0.25) is 9.69 Å². The molecule has 5 rings (SSSR count). The first kappa shape index (κ1) is 20.4. The van der Waals surface area contributed by atoms with Crippen LogP contribution in [0.1, 0.15) is 19.3 Å². The van der Waals surface area contributed by atoms with Crippen LogP contribution < -0.4 is 10.2 Å². The number of nitrogens with one attached hydrogen (secondary N) is 1. The lowest BCUT2D eigenvalue weighted by atomic mass is 10.2. The number of carbonyl (C=O) groups is 2. The van der Waals surface area contributed by atoms with E-state index in [1.165, 1.54) is 15.6 Å². The Morgan fingerprint density at radius 3 is 2.72 bits per heavy atom. The number of amides is 3. The summed E-state index contributed by atoms with van der Waals surface area (Å²) in [5.41, 5.74) is 1.69. The standard InChI is InChI=1S/C23H24FN5O3/c24-16-5-1-2-7-20(16)29-19-9-4-8-18(15(19)13-25-29)28-12-11-27(23(28)32)14-22(31)26-17-6-3-10-21(17)30/h1-2,4-5,7-9,13,17,21,30H,3,6,10-12,14H2,(H,26,31)/t17-,21+/m1/s1. The van der Waals surface area contributed by atoms with Crippen molar-refractivity contribution in [2.45, 2.75) is 31.4 Å². The van der Waals surface area contributed by atoms with Gasteiger partial charge in [0.25, 0.3) is 0 Å². The van der Waals surface area contributed by atoms with Crippen LogP contribution in [-0.4, -0.2) is 63.5 Å². The second kappa shape index (κ2) is 8.23. The summed E-state index contributed by atoms with van der Waals surface area (Å²) in [4.78, 5) is 28.6. The minimum Gasteiger partial charge on any atom is -0.391 e. The molecule has 2 fully saturated rings. The summed E-state index contributed by atoms with van der Waals surface area (Å²) in [5, 5.41) is 17.8. The second-order valence-corrected chi connectivity index (χ2v) is 8.25. The number of hydrogen-bond acceptors (Lipinski definition) is 4. The highest BCUT2D eigenvalue weighted by molar-refractivity contribution is 6.04. The third-order valence-electron chi connectivity index (χ3n) is 6.22. The fraction of sp³-hybridized carbons (Fsp3) is 0.348. The molecular weight excluding hydrogens is 413 g/mol. The number of para-hydroxylation sites is 1. The van der Waals surface area contributed by atoms with E-state index in [-0.39, 0.29) is 30.3 Å². The molecule has 2 aromatic carbocycles. The third-order valence-corrected chi connectivity index (χ3v) is 6.22. The van der Waals surface area contributed by atoms with Gasteiger partial charge in [-0.1, -0.05) is 18.2 Å². The number of nitrogens with zero attached hydrogens (tertiary/aromatic N) is 4. The number of aliphatic hydroxyl groups is 1. The SMILES string of the molecule is O=C(CN1CCN(c2cccc3c2cnn3-c2ccccc2F)C1=O)N[C@@H]1CCC[C@@H]1O. The van der Waals surface area contributed by atoms with E-state index in [0.717, 1.165) is 18.2 Å². The van der Waals surface area contributed by atoms with Crippen LogP contribution >= 0.6 is 0 Å². The molecule has 2 aliphatic rings. The lowest BCUT2D eigenvalue weighted by molar-refractivity contribution is -0.122. The van der Waals surface area contributed by atoms with Crippen molar-refractivity contribution in [3.8, 4) is 5.69 Å². The summed E-state index contributed by atoms with van der Waals surface area (Å²) in [6.07, 6.45) is 3.43. The van der Waals surface area contributed by atoms with Crippen molar-refractivity contribution in [2.75, 3.05) is 24.5 Å². The highest BCUT2D eigenvalue weighted by Crippen LogP contribution is 2.31. The first-order valence-corrected chi connectivity index (χ1v) is 10.8. The van der Waals surface area contributed by atoms with Gasteiger partial charge in [-0.15, -0.1) is 0 Å². The maximum Gasteiger partial charge on any atom is 0.325 e. The van der Waals surface area contributed by atoms with Crippen LogP contribution in [0.15, 0.2) is 48.7 Å². The Balaban J connectivity index is 1.35. The number of benzene rings is 2. The summed E-state index contributed by atoms with van der Waals surface area (Å²) >= 11 is 0. The molecule has 0 spiro atoms. The van der Waals surface area contributed by atoms with Crippen LogP contribution in [0.5, 0.6) is 0 Å². The third kappa shape index (κ3) is 3.58. The minimum atomic E-state index is -0.520. The highest BCUT2D eigenvalue weighted by atomic mass is 19.1. The van der Waals surface area contributed by atoms with Crippen LogP contribution in [0.2, 0.25) is 0 Å². The van der Waals surface area contributed by atoms with Gasteiger partial charge in [0.15, 0.2) is 0 Å². The van der Waals surface area contributed by atoms with E-state index < -0.39 is 6.10 Å². The van der Waals surface area contributed by atoms with Crippen molar-refractivity contribution in [3.63, 3.8) is 0 Å². The van der Waals surface area contributed by atoms with Gasteiger partial charge >= 0.3 is 6.03 Å². The van der Waals surface area contributed by atoms with Crippen LogP contribution in [0, 0.1) is 5.82 Å². The molecule has 3 aromatic rings. The molecule has 1 aliphatic carbocycles.